The molecule has 5 heteroatoms. The highest BCUT2D eigenvalue weighted by molar-refractivity contribution is 5.93. The van der Waals surface area contributed by atoms with Gasteiger partial charge in [-0.2, -0.15) is 0 Å². The number of nitrogens with zero attached hydrogens (tertiary/aromatic N) is 2. The van der Waals surface area contributed by atoms with Gasteiger partial charge in [-0.25, -0.2) is 0 Å². The van der Waals surface area contributed by atoms with E-state index < -0.39 is 0 Å². The van der Waals surface area contributed by atoms with E-state index in [1.54, 1.807) is 31.6 Å². The highest BCUT2D eigenvalue weighted by Crippen LogP contribution is 2.27. The number of pyridine rings is 1. The molecule has 1 N–H and O–H groups in total. The van der Waals surface area contributed by atoms with Gasteiger partial charge in [0.2, 0.25) is 0 Å². The van der Waals surface area contributed by atoms with E-state index in [1.807, 2.05) is 12.1 Å². The van der Waals surface area contributed by atoms with Crippen molar-refractivity contribution in [1.29, 1.82) is 0 Å². The number of likely N-dealkylation sites (tertiary alicyclic amines) is 1. The average Bonchev–Trinajstić information content (AvgIpc) is 3.17. The van der Waals surface area contributed by atoms with Gasteiger partial charge in [-0.05, 0) is 55.8 Å². The molecular formula is C19H23N3O2. The van der Waals surface area contributed by atoms with Crippen LogP contribution in [0.1, 0.15) is 34.8 Å². The zero-order chi connectivity index (χ0) is 16.8. The molecule has 1 aliphatic rings. The van der Waals surface area contributed by atoms with Crippen molar-refractivity contribution in [3.05, 3.63) is 59.9 Å². The molecule has 24 heavy (non-hydrogen) atoms. The van der Waals surface area contributed by atoms with E-state index in [-0.39, 0.29) is 11.9 Å². The van der Waals surface area contributed by atoms with Crippen molar-refractivity contribution in [2.24, 2.45) is 0 Å². The van der Waals surface area contributed by atoms with Gasteiger partial charge in [-0.1, -0.05) is 12.1 Å². The molecule has 0 spiro atoms. The maximum absolute atomic E-state index is 12.3. The summed E-state index contributed by atoms with van der Waals surface area (Å²) in [5.74, 6) is 0.755. The van der Waals surface area contributed by atoms with Crippen LogP contribution in [0.5, 0.6) is 5.75 Å². The second kappa shape index (κ2) is 7.93. The molecule has 126 valence electrons. The fraction of sp³-hybridized carbons (Fsp3) is 0.368. The van der Waals surface area contributed by atoms with Crippen molar-refractivity contribution in [2.45, 2.75) is 18.9 Å². The summed E-state index contributed by atoms with van der Waals surface area (Å²) in [5.41, 5.74) is 1.76. The molecule has 2 aromatic rings. The van der Waals surface area contributed by atoms with Crippen LogP contribution in [-0.2, 0) is 0 Å². The number of rotatable bonds is 6. The number of hydrogen-bond acceptors (Lipinski definition) is 4. The van der Waals surface area contributed by atoms with Crippen molar-refractivity contribution < 1.29 is 9.53 Å². The van der Waals surface area contributed by atoms with E-state index >= 15 is 0 Å². The largest absolute Gasteiger partial charge is 0.497 e. The van der Waals surface area contributed by atoms with Gasteiger partial charge >= 0.3 is 0 Å². The molecule has 0 radical (unpaired) electrons. The molecule has 1 aromatic carbocycles. The van der Waals surface area contributed by atoms with Crippen LogP contribution in [0, 0.1) is 0 Å². The van der Waals surface area contributed by atoms with Gasteiger partial charge in [-0.15, -0.1) is 0 Å². The fourth-order valence-electron chi connectivity index (χ4n) is 3.15. The molecule has 1 fully saturated rings. The van der Waals surface area contributed by atoms with Crippen LogP contribution in [0.3, 0.4) is 0 Å². The highest BCUT2D eigenvalue weighted by atomic mass is 16.5. The molecule has 1 atom stereocenters. The van der Waals surface area contributed by atoms with Crippen LogP contribution in [0.25, 0.3) is 0 Å². The van der Waals surface area contributed by atoms with Gasteiger partial charge in [0.15, 0.2) is 0 Å². The first kappa shape index (κ1) is 16.5. The zero-order valence-electron chi connectivity index (χ0n) is 13.9. The second-order valence-corrected chi connectivity index (χ2v) is 5.99. The zero-order valence-corrected chi connectivity index (χ0v) is 13.9. The standard InChI is InChI=1S/C19H23N3O2/c1-24-17-8-4-6-15(12-17)18(22-10-2-3-11-22)14-21-19(23)16-7-5-9-20-13-16/h4-9,12-13,18H,2-3,10-11,14H2,1H3,(H,21,23). The highest BCUT2D eigenvalue weighted by Gasteiger charge is 2.24. The lowest BCUT2D eigenvalue weighted by Gasteiger charge is -2.28. The molecule has 0 saturated carbocycles. The molecule has 3 rings (SSSR count). The van der Waals surface area contributed by atoms with Crippen LogP contribution in [0.4, 0.5) is 0 Å². The molecule has 1 aliphatic heterocycles. The van der Waals surface area contributed by atoms with Gasteiger partial charge in [0, 0.05) is 18.9 Å². The molecule has 1 amide bonds. The third-order valence-electron chi connectivity index (χ3n) is 4.44. The van der Waals surface area contributed by atoms with Crippen LogP contribution >= 0.6 is 0 Å². The molecular weight excluding hydrogens is 302 g/mol. The van der Waals surface area contributed by atoms with E-state index in [0.29, 0.717) is 12.1 Å². The Labute approximate surface area is 142 Å². The molecule has 1 unspecified atom stereocenters. The molecule has 5 nitrogen and oxygen atoms in total. The average molecular weight is 325 g/mol. The van der Waals surface area contributed by atoms with Gasteiger partial charge < -0.3 is 10.1 Å². The van der Waals surface area contributed by atoms with Crippen molar-refractivity contribution in [1.82, 2.24) is 15.2 Å². The Bertz CT molecular complexity index is 669. The first-order chi connectivity index (χ1) is 11.8. The summed E-state index contributed by atoms with van der Waals surface area (Å²) >= 11 is 0. The molecule has 0 bridgehead atoms. The lowest BCUT2D eigenvalue weighted by atomic mass is 10.0. The summed E-state index contributed by atoms with van der Waals surface area (Å²) in [4.78, 5) is 18.8. The van der Waals surface area contributed by atoms with E-state index in [1.165, 1.54) is 18.4 Å². The van der Waals surface area contributed by atoms with Crippen LogP contribution in [-0.4, -0.2) is 42.5 Å². The smallest absolute Gasteiger partial charge is 0.252 e. The van der Waals surface area contributed by atoms with Crippen molar-refractivity contribution >= 4 is 5.91 Å². The Hall–Kier alpha value is -2.40. The Balaban J connectivity index is 1.74. The number of nitrogens with one attached hydrogen (secondary N) is 1. The molecule has 0 aliphatic carbocycles. The molecule has 1 saturated heterocycles. The number of methoxy groups -OCH3 is 1. The predicted molar refractivity (Wildman–Crippen MR) is 93.1 cm³/mol. The number of carbonyl (C=O) groups excluding carboxylic acids is 1. The van der Waals surface area contributed by atoms with Gasteiger partial charge in [0.1, 0.15) is 5.75 Å². The van der Waals surface area contributed by atoms with Crippen LogP contribution in [0.2, 0.25) is 0 Å². The third-order valence-corrected chi connectivity index (χ3v) is 4.44. The monoisotopic (exact) mass is 325 g/mol. The summed E-state index contributed by atoms with van der Waals surface area (Å²) in [7, 11) is 1.67. The fourth-order valence-corrected chi connectivity index (χ4v) is 3.15. The predicted octanol–water partition coefficient (Wildman–Crippen LogP) is 2.66. The quantitative estimate of drug-likeness (QED) is 0.887. The summed E-state index contributed by atoms with van der Waals surface area (Å²) in [6.45, 7) is 2.69. The molecule has 2 heterocycles. The maximum Gasteiger partial charge on any atom is 0.252 e. The normalized spacial score (nSPS) is 15.9. The number of carbonyl (C=O) groups is 1. The summed E-state index contributed by atoms with van der Waals surface area (Å²) in [5, 5.41) is 3.05. The summed E-state index contributed by atoms with van der Waals surface area (Å²) in [6, 6.07) is 11.8. The topological polar surface area (TPSA) is 54.5 Å². The van der Waals surface area contributed by atoms with Gasteiger partial charge in [-0.3, -0.25) is 14.7 Å². The van der Waals surface area contributed by atoms with E-state index in [9.17, 15) is 4.79 Å². The number of ether oxygens (including phenoxy) is 1. The minimum absolute atomic E-state index is 0.0878. The Morgan fingerprint density at radius 3 is 2.83 bits per heavy atom. The number of aromatic nitrogens is 1. The molecule has 1 aromatic heterocycles. The first-order valence-corrected chi connectivity index (χ1v) is 8.34. The van der Waals surface area contributed by atoms with E-state index in [0.717, 1.165) is 18.8 Å². The van der Waals surface area contributed by atoms with Crippen LogP contribution in [0.15, 0.2) is 48.8 Å². The van der Waals surface area contributed by atoms with Gasteiger partial charge in [0.25, 0.3) is 5.91 Å². The number of amides is 1. The van der Waals surface area contributed by atoms with Crippen molar-refractivity contribution in [2.75, 3.05) is 26.7 Å². The first-order valence-electron chi connectivity index (χ1n) is 8.34. The minimum Gasteiger partial charge on any atom is -0.497 e. The van der Waals surface area contributed by atoms with Crippen molar-refractivity contribution in [3.8, 4) is 5.75 Å². The Morgan fingerprint density at radius 2 is 2.12 bits per heavy atom. The van der Waals surface area contributed by atoms with E-state index in [4.69, 9.17) is 4.74 Å². The third kappa shape index (κ3) is 3.92. The van der Waals surface area contributed by atoms with Gasteiger partial charge in [0.05, 0.1) is 18.7 Å². The van der Waals surface area contributed by atoms with Crippen LogP contribution < -0.4 is 10.1 Å². The van der Waals surface area contributed by atoms with E-state index in [2.05, 4.69) is 27.3 Å². The van der Waals surface area contributed by atoms with Crippen molar-refractivity contribution in [3.63, 3.8) is 0 Å². The minimum atomic E-state index is -0.0878. The lowest BCUT2D eigenvalue weighted by molar-refractivity contribution is 0.0937. The Morgan fingerprint density at radius 1 is 1.29 bits per heavy atom. The lowest BCUT2D eigenvalue weighted by Crippen LogP contribution is -2.36. The Kier molecular flexibility index (Phi) is 5.43. The number of hydrogen-bond donors (Lipinski definition) is 1. The summed E-state index contributed by atoms with van der Waals surface area (Å²) in [6.07, 6.45) is 5.67. The SMILES string of the molecule is COc1cccc(C(CNC(=O)c2cccnc2)N2CCCC2)c1. The second-order valence-electron chi connectivity index (χ2n) is 5.99. The number of benzene rings is 1. The maximum atomic E-state index is 12.3. The summed E-state index contributed by atoms with van der Waals surface area (Å²) < 4.78 is 5.35.